The molecule has 0 radical (unpaired) electrons. The second kappa shape index (κ2) is 10.0. The lowest BCUT2D eigenvalue weighted by Gasteiger charge is -2.50. The number of halogens is 4. The highest BCUT2D eigenvalue weighted by molar-refractivity contribution is 5.95. The summed E-state index contributed by atoms with van der Waals surface area (Å²) in [5.41, 5.74) is 0.496. The highest BCUT2D eigenvalue weighted by Crippen LogP contribution is 2.40. The Morgan fingerprint density at radius 1 is 1.29 bits per heavy atom. The number of aromatic nitrogens is 1. The van der Waals surface area contributed by atoms with Gasteiger partial charge in [0, 0.05) is 24.3 Å². The molecule has 2 saturated heterocycles. The Balaban J connectivity index is 0.000000406. The van der Waals surface area contributed by atoms with Crippen LogP contribution in [0, 0.1) is 23.1 Å². The van der Waals surface area contributed by atoms with E-state index in [0.29, 0.717) is 37.4 Å². The molecule has 12 heteroatoms. The lowest BCUT2D eigenvalue weighted by Crippen LogP contribution is -2.66. The Hall–Kier alpha value is -3.72. The van der Waals surface area contributed by atoms with E-state index < -0.39 is 23.6 Å². The van der Waals surface area contributed by atoms with Crippen LogP contribution in [0.5, 0.6) is 5.88 Å². The number of rotatable bonds is 4. The summed E-state index contributed by atoms with van der Waals surface area (Å²) in [6.07, 6.45) is -2.81. The normalized spacial score (nSPS) is 18.3. The Morgan fingerprint density at radius 3 is 2.62 bits per heavy atom. The lowest BCUT2D eigenvalue weighted by atomic mass is 9.81. The molecule has 1 aromatic heterocycles. The average Bonchev–Trinajstić information content (AvgIpc) is 3.21. The maximum atomic E-state index is 13.7. The molecule has 2 aliphatic rings. The largest absolute Gasteiger partial charge is 0.490 e. The minimum Gasteiger partial charge on any atom is -0.475 e. The van der Waals surface area contributed by atoms with Gasteiger partial charge in [-0.15, -0.1) is 0 Å². The predicted molar refractivity (Wildman–Crippen MR) is 107 cm³/mol. The Labute approximate surface area is 191 Å². The maximum absolute atomic E-state index is 13.7. The van der Waals surface area contributed by atoms with E-state index in [1.807, 2.05) is 6.07 Å². The zero-order chi connectivity index (χ0) is 24.9. The van der Waals surface area contributed by atoms with E-state index in [0.717, 1.165) is 6.42 Å². The van der Waals surface area contributed by atoms with E-state index in [4.69, 9.17) is 24.6 Å². The number of nitrogens with zero attached hydrogens (tertiary/aromatic N) is 3. The van der Waals surface area contributed by atoms with Crippen LogP contribution in [0.2, 0.25) is 0 Å². The van der Waals surface area contributed by atoms with Gasteiger partial charge < -0.3 is 19.5 Å². The van der Waals surface area contributed by atoms with Crippen LogP contribution in [0.4, 0.5) is 17.6 Å². The summed E-state index contributed by atoms with van der Waals surface area (Å²) in [5.74, 6) is -3.32. The van der Waals surface area contributed by atoms with Crippen molar-refractivity contribution < 1.29 is 41.7 Å². The number of alkyl halides is 3. The van der Waals surface area contributed by atoms with Crippen molar-refractivity contribution in [2.24, 2.45) is 5.92 Å². The van der Waals surface area contributed by atoms with Crippen LogP contribution in [-0.2, 0) is 9.53 Å². The molecule has 1 spiro atoms. The zero-order valence-electron chi connectivity index (χ0n) is 17.6. The molecule has 1 N–H and O–H groups in total. The Morgan fingerprint density at radius 2 is 2.00 bits per heavy atom. The number of carbonyl (C=O) groups is 2. The van der Waals surface area contributed by atoms with Gasteiger partial charge in [-0.3, -0.25) is 4.79 Å². The van der Waals surface area contributed by atoms with Gasteiger partial charge in [-0.25, -0.2) is 14.2 Å². The third kappa shape index (κ3) is 5.60. The number of benzene rings is 1. The summed E-state index contributed by atoms with van der Waals surface area (Å²) in [6, 6.07) is 11.5. The number of carboxylic acid groups (broad SMARTS) is 1. The summed E-state index contributed by atoms with van der Waals surface area (Å²) >= 11 is 0. The van der Waals surface area contributed by atoms with E-state index in [1.165, 1.54) is 18.3 Å². The number of pyridine rings is 1. The molecule has 180 valence electrons. The first-order chi connectivity index (χ1) is 16.1. The molecule has 34 heavy (non-hydrogen) atoms. The van der Waals surface area contributed by atoms with Crippen LogP contribution >= 0.6 is 0 Å². The van der Waals surface area contributed by atoms with Crippen LogP contribution in [0.15, 0.2) is 42.6 Å². The van der Waals surface area contributed by atoms with Crippen molar-refractivity contribution in [3.8, 4) is 11.9 Å². The lowest BCUT2D eigenvalue weighted by molar-refractivity contribution is -0.192. The van der Waals surface area contributed by atoms with Crippen LogP contribution in [0.25, 0.3) is 0 Å². The van der Waals surface area contributed by atoms with Gasteiger partial charge >= 0.3 is 12.1 Å². The van der Waals surface area contributed by atoms with Gasteiger partial charge in [0.15, 0.2) is 5.82 Å². The van der Waals surface area contributed by atoms with Gasteiger partial charge in [0.25, 0.3) is 5.91 Å². The standard InChI is InChI=1S/C20H18FN3O3.C2HF3O2/c21-17-5-2-7-23-18(17)26-11-16-6-8-27-20(16)12-24(13-20)19(25)15-4-1-3-14(9-15)10-22;3-2(4,5)1(6)7/h1-5,7,9,16H,6,8,11-13H2;(H,6,7). The molecular formula is C22H19F4N3O5. The number of nitriles is 1. The molecule has 2 aliphatic heterocycles. The van der Waals surface area contributed by atoms with Gasteiger partial charge in [-0.05, 0) is 36.8 Å². The highest BCUT2D eigenvalue weighted by Gasteiger charge is 2.54. The molecule has 2 aromatic rings. The van der Waals surface area contributed by atoms with E-state index in [1.54, 1.807) is 29.2 Å². The molecule has 3 heterocycles. The van der Waals surface area contributed by atoms with Crippen molar-refractivity contribution in [2.75, 3.05) is 26.3 Å². The first-order valence-electron chi connectivity index (χ1n) is 10.0. The summed E-state index contributed by atoms with van der Waals surface area (Å²) < 4.78 is 56.9. The van der Waals surface area contributed by atoms with E-state index in [9.17, 15) is 22.4 Å². The average molecular weight is 481 g/mol. The molecule has 2 fully saturated rings. The van der Waals surface area contributed by atoms with Gasteiger partial charge in [0.05, 0.1) is 31.3 Å². The monoisotopic (exact) mass is 481 g/mol. The summed E-state index contributed by atoms with van der Waals surface area (Å²) in [4.78, 5) is 27.1. The fourth-order valence-corrected chi connectivity index (χ4v) is 3.67. The number of hydrogen-bond donors (Lipinski definition) is 1. The molecule has 0 aliphatic carbocycles. The molecule has 8 nitrogen and oxygen atoms in total. The third-order valence-corrected chi connectivity index (χ3v) is 5.43. The maximum Gasteiger partial charge on any atom is 0.490 e. The number of likely N-dealkylation sites (tertiary alicyclic amines) is 1. The van der Waals surface area contributed by atoms with E-state index in [2.05, 4.69) is 4.98 Å². The van der Waals surface area contributed by atoms with Crippen molar-refractivity contribution in [2.45, 2.75) is 18.2 Å². The highest BCUT2D eigenvalue weighted by atomic mass is 19.4. The smallest absolute Gasteiger partial charge is 0.475 e. The fraction of sp³-hybridized carbons (Fsp3) is 0.364. The number of carbonyl (C=O) groups excluding carboxylic acids is 1. The van der Waals surface area contributed by atoms with Crippen molar-refractivity contribution in [1.82, 2.24) is 9.88 Å². The molecular weight excluding hydrogens is 462 g/mol. The zero-order valence-corrected chi connectivity index (χ0v) is 17.6. The second-order valence-corrected chi connectivity index (χ2v) is 7.66. The molecule has 1 amide bonds. The molecule has 1 aromatic carbocycles. The first kappa shape index (κ1) is 24.9. The number of hydrogen-bond acceptors (Lipinski definition) is 6. The number of carboxylic acids is 1. The van der Waals surface area contributed by atoms with Gasteiger partial charge in [-0.1, -0.05) is 6.07 Å². The minimum atomic E-state index is -5.08. The molecule has 1 atom stereocenters. The summed E-state index contributed by atoms with van der Waals surface area (Å²) in [6.45, 7) is 1.80. The van der Waals surface area contributed by atoms with Crippen molar-refractivity contribution in [3.05, 3.63) is 59.5 Å². The van der Waals surface area contributed by atoms with Gasteiger partial charge in [0.2, 0.25) is 5.88 Å². The van der Waals surface area contributed by atoms with Crippen LogP contribution in [-0.4, -0.2) is 64.9 Å². The Kier molecular flexibility index (Phi) is 7.36. The predicted octanol–water partition coefficient (Wildman–Crippen LogP) is 3.04. The minimum absolute atomic E-state index is 0.0138. The second-order valence-electron chi connectivity index (χ2n) is 7.66. The number of ether oxygens (including phenoxy) is 2. The third-order valence-electron chi connectivity index (χ3n) is 5.43. The number of amides is 1. The fourth-order valence-electron chi connectivity index (χ4n) is 3.67. The van der Waals surface area contributed by atoms with E-state index >= 15 is 0 Å². The molecule has 4 rings (SSSR count). The van der Waals surface area contributed by atoms with Crippen molar-refractivity contribution in [3.63, 3.8) is 0 Å². The molecule has 0 bridgehead atoms. The molecule has 0 saturated carbocycles. The van der Waals surface area contributed by atoms with Crippen LogP contribution in [0.1, 0.15) is 22.3 Å². The van der Waals surface area contributed by atoms with Gasteiger partial charge in [0.1, 0.15) is 5.60 Å². The Bertz CT molecular complexity index is 1100. The summed E-state index contributed by atoms with van der Waals surface area (Å²) in [5, 5.41) is 16.1. The van der Waals surface area contributed by atoms with Crippen LogP contribution < -0.4 is 4.74 Å². The SMILES string of the molecule is N#Cc1cccc(C(=O)N2CC3(C2)OCCC3COc2ncccc2F)c1.O=C(O)C(F)(F)F. The quantitative estimate of drug-likeness (QED) is 0.668. The molecule has 1 unspecified atom stereocenters. The van der Waals surface area contributed by atoms with Gasteiger partial charge in [-0.2, -0.15) is 18.4 Å². The summed E-state index contributed by atoms with van der Waals surface area (Å²) in [7, 11) is 0. The first-order valence-corrected chi connectivity index (χ1v) is 10.0. The van der Waals surface area contributed by atoms with Crippen molar-refractivity contribution >= 4 is 11.9 Å². The topological polar surface area (TPSA) is 113 Å². The van der Waals surface area contributed by atoms with Crippen LogP contribution in [0.3, 0.4) is 0 Å². The number of aliphatic carboxylic acids is 1. The van der Waals surface area contributed by atoms with E-state index in [-0.39, 0.29) is 17.7 Å². The van der Waals surface area contributed by atoms with Crippen molar-refractivity contribution in [1.29, 1.82) is 5.26 Å².